The Balaban J connectivity index is 1.68. The molecule has 0 saturated heterocycles. The van der Waals surface area contributed by atoms with Crippen LogP contribution in [0.3, 0.4) is 0 Å². The topological polar surface area (TPSA) is 39.1 Å². The minimum Gasteiger partial charge on any atom is -0.494 e. The van der Waals surface area contributed by atoms with Crippen LogP contribution in [0.25, 0.3) is 0 Å². The summed E-state index contributed by atoms with van der Waals surface area (Å²) in [5.41, 5.74) is 1.07. The number of nitrogens with one attached hydrogen (secondary N) is 1. The zero-order valence-electron chi connectivity index (χ0n) is 10.7. The van der Waals surface area contributed by atoms with Gasteiger partial charge in [0, 0.05) is 25.7 Å². The van der Waals surface area contributed by atoms with Crippen LogP contribution in [0.1, 0.15) is 12.1 Å². The molecule has 1 aromatic carbocycles. The van der Waals surface area contributed by atoms with E-state index in [9.17, 15) is 0 Å². The summed E-state index contributed by atoms with van der Waals surface area (Å²) in [5, 5.41) is 7.53. The number of aromatic nitrogens is 2. The summed E-state index contributed by atoms with van der Waals surface area (Å²) in [5.74, 6) is 0.925. The lowest BCUT2D eigenvalue weighted by molar-refractivity contribution is 0.298. The first-order valence-electron chi connectivity index (χ1n) is 6.23. The number of aryl methyl sites for hydroxylation is 1. The lowest BCUT2D eigenvalue weighted by Gasteiger charge is -2.05. The number of hydrogen-bond donors (Lipinski definition) is 1. The molecular formula is C14H19N3O. The predicted molar refractivity (Wildman–Crippen MR) is 71.5 cm³/mol. The first-order chi connectivity index (χ1) is 8.88. The van der Waals surface area contributed by atoms with Crippen LogP contribution in [0.5, 0.6) is 5.75 Å². The third-order valence-electron chi connectivity index (χ3n) is 2.60. The van der Waals surface area contributed by atoms with Crippen LogP contribution in [-0.4, -0.2) is 23.4 Å². The first-order valence-corrected chi connectivity index (χ1v) is 6.23. The van der Waals surface area contributed by atoms with E-state index in [1.807, 2.05) is 54.3 Å². The van der Waals surface area contributed by atoms with Gasteiger partial charge in [-0.2, -0.15) is 5.10 Å². The van der Waals surface area contributed by atoms with Gasteiger partial charge in [0.15, 0.2) is 0 Å². The van der Waals surface area contributed by atoms with E-state index in [0.29, 0.717) is 6.61 Å². The Hall–Kier alpha value is -1.81. The van der Waals surface area contributed by atoms with Gasteiger partial charge in [-0.15, -0.1) is 0 Å². The third kappa shape index (κ3) is 3.89. The molecule has 2 aromatic rings. The fraction of sp³-hybridized carbons (Fsp3) is 0.357. The lowest BCUT2D eigenvalue weighted by atomic mass is 10.3. The molecule has 0 saturated carbocycles. The van der Waals surface area contributed by atoms with Gasteiger partial charge < -0.3 is 10.1 Å². The summed E-state index contributed by atoms with van der Waals surface area (Å²) in [7, 11) is 1.92. The van der Waals surface area contributed by atoms with Crippen molar-refractivity contribution in [3.8, 4) is 5.75 Å². The molecule has 1 heterocycles. The maximum Gasteiger partial charge on any atom is 0.119 e. The van der Waals surface area contributed by atoms with Gasteiger partial charge in [0.1, 0.15) is 5.75 Å². The highest BCUT2D eigenvalue weighted by atomic mass is 16.5. The second-order valence-corrected chi connectivity index (χ2v) is 4.12. The van der Waals surface area contributed by atoms with Crippen molar-refractivity contribution in [2.75, 3.05) is 13.7 Å². The zero-order valence-corrected chi connectivity index (χ0v) is 10.7. The fourth-order valence-corrected chi connectivity index (χ4v) is 1.74. The summed E-state index contributed by atoms with van der Waals surface area (Å²) >= 11 is 0. The molecule has 4 heteroatoms. The van der Waals surface area contributed by atoms with Crippen molar-refractivity contribution in [2.45, 2.75) is 19.5 Å². The maximum atomic E-state index is 5.63. The van der Waals surface area contributed by atoms with Crippen LogP contribution in [0, 0.1) is 0 Å². The van der Waals surface area contributed by atoms with E-state index in [-0.39, 0.29) is 0 Å². The monoisotopic (exact) mass is 245 g/mol. The smallest absolute Gasteiger partial charge is 0.119 e. The number of benzene rings is 1. The Morgan fingerprint density at radius 1 is 1.22 bits per heavy atom. The predicted octanol–water partition coefficient (Wildman–Crippen LogP) is 2.07. The van der Waals surface area contributed by atoms with E-state index in [2.05, 4.69) is 10.4 Å². The van der Waals surface area contributed by atoms with Crippen molar-refractivity contribution in [1.82, 2.24) is 15.1 Å². The number of rotatable bonds is 7. The lowest BCUT2D eigenvalue weighted by Crippen LogP contribution is -2.08. The Bertz CT molecular complexity index is 453. The molecule has 0 aliphatic rings. The standard InChI is InChI=1S/C14H19N3O/c1-15-12-13-8-10-17(16-13)9-5-11-18-14-6-3-2-4-7-14/h2-4,6-8,10,15H,5,9,11-12H2,1H3. The van der Waals surface area contributed by atoms with E-state index in [1.165, 1.54) is 0 Å². The molecule has 0 aliphatic carbocycles. The summed E-state index contributed by atoms with van der Waals surface area (Å²) in [6.45, 7) is 2.41. The zero-order chi connectivity index (χ0) is 12.6. The molecule has 4 nitrogen and oxygen atoms in total. The van der Waals surface area contributed by atoms with Crippen molar-refractivity contribution in [1.29, 1.82) is 0 Å². The summed E-state index contributed by atoms with van der Waals surface area (Å²) in [4.78, 5) is 0. The number of para-hydroxylation sites is 1. The number of ether oxygens (including phenoxy) is 1. The average molecular weight is 245 g/mol. The molecule has 0 amide bonds. The Morgan fingerprint density at radius 2 is 2.06 bits per heavy atom. The van der Waals surface area contributed by atoms with Crippen molar-refractivity contribution < 1.29 is 4.74 Å². The SMILES string of the molecule is CNCc1ccn(CCCOc2ccccc2)n1. The van der Waals surface area contributed by atoms with Crippen LogP contribution >= 0.6 is 0 Å². The second-order valence-electron chi connectivity index (χ2n) is 4.12. The van der Waals surface area contributed by atoms with Crippen molar-refractivity contribution in [2.24, 2.45) is 0 Å². The molecule has 0 fully saturated rings. The van der Waals surface area contributed by atoms with Gasteiger partial charge >= 0.3 is 0 Å². The van der Waals surface area contributed by atoms with Gasteiger partial charge in [-0.05, 0) is 25.2 Å². The highest BCUT2D eigenvalue weighted by Crippen LogP contribution is 2.08. The number of hydrogen-bond acceptors (Lipinski definition) is 3. The minimum absolute atomic E-state index is 0.714. The van der Waals surface area contributed by atoms with Gasteiger partial charge in [0.25, 0.3) is 0 Å². The van der Waals surface area contributed by atoms with E-state index in [1.54, 1.807) is 0 Å². The highest BCUT2D eigenvalue weighted by molar-refractivity contribution is 5.20. The molecule has 0 unspecified atom stereocenters. The Morgan fingerprint density at radius 3 is 2.83 bits per heavy atom. The Kier molecular flexibility index (Phi) is 4.78. The van der Waals surface area contributed by atoms with E-state index < -0.39 is 0 Å². The van der Waals surface area contributed by atoms with E-state index in [4.69, 9.17) is 4.74 Å². The Labute approximate surface area is 108 Å². The third-order valence-corrected chi connectivity index (χ3v) is 2.60. The molecule has 2 rings (SSSR count). The highest BCUT2D eigenvalue weighted by Gasteiger charge is 1.98. The minimum atomic E-state index is 0.714. The summed E-state index contributed by atoms with van der Waals surface area (Å²) in [6.07, 6.45) is 2.96. The molecule has 0 radical (unpaired) electrons. The van der Waals surface area contributed by atoms with Gasteiger partial charge in [-0.3, -0.25) is 4.68 Å². The van der Waals surface area contributed by atoms with E-state index in [0.717, 1.165) is 31.0 Å². The first kappa shape index (κ1) is 12.6. The van der Waals surface area contributed by atoms with Crippen LogP contribution in [-0.2, 0) is 13.1 Å². The van der Waals surface area contributed by atoms with Crippen LogP contribution in [0.4, 0.5) is 0 Å². The van der Waals surface area contributed by atoms with Crippen molar-refractivity contribution in [3.05, 3.63) is 48.3 Å². The molecule has 0 bridgehead atoms. The van der Waals surface area contributed by atoms with Gasteiger partial charge in [0.05, 0.1) is 12.3 Å². The van der Waals surface area contributed by atoms with Gasteiger partial charge in [0.2, 0.25) is 0 Å². The van der Waals surface area contributed by atoms with Crippen LogP contribution in [0.15, 0.2) is 42.6 Å². The molecule has 0 aliphatic heterocycles. The van der Waals surface area contributed by atoms with Crippen LogP contribution < -0.4 is 10.1 Å². The summed E-state index contributed by atoms with van der Waals surface area (Å²) < 4.78 is 7.59. The number of nitrogens with zero attached hydrogens (tertiary/aromatic N) is 2. The fourth-order valence-electron chi connectivity index (χ4n) is 1.74. The van der Waals surface area contributed by atoms with Crippen molar-refractivity contribution >= 4 is 0 Å². The molecule has 18 heavy (non-hydrogen) atoms. The molecule has 0 spiro atoms. The molecule has 0 atom stereocenters. The van der Waals surface area contributed by atoms with Gasteiger partial charge in [-0.1, -0.05) is 18.2 Å². The largest absolute Gasteiger partial charge is 0.494 e. The quantitative estimate of drug-likeness (QED) is 0.759. The average Bonchev–Trinajstić information content (AvgIpc) is 2.84. The molecule has 96 valence electrons. The molecule has 1 aromatic heterocycles. The molecular weight excluding hydrogens is 226 g/mol. The summed E-state index contributed by atoms with van der Waals surface area (Å²) in [6, 6.07) is 11.9. The second kappa shape index (κ2) is 6.81. The van der Waals surface area contributed by atoms with E-state index >= 15 is 0 Å². The molecule has 1 N–H and O–H groups in total. The maximum absolute atomic E-state index is 5.63. The van der Waals surface area contributed by atoms with Crippen molar-refractivity contribution in [3.63, 3.8) is 0 Å². The normalized spacial score (nSPS) is 10.5. The van der Waals surface area contributed by atoms with Crippen LogP contribution in [0.2, 0.25) is 0 Å². The van der Waals surface area contributed by atoms with Gasteiger partial charge in [-0.25, -0.2) is 0 Å².